The summed E-state index contributed by atoms with van der Waals surface area (Å²) in [5.74, 6) is 0.951. The lowest BCUT2D eigenvalue weighted by Crippen LogP contribution is -2.26. The third-order valence-electron chi connectivity index (χ3n) is 2.45. The van der Waals surface area contributed by atoms with Crippen molar-refractivity contribution in [3.63, 3.8) is 0 Å². The van der Waals surface area contributed by atoms with Gasteiger partial charge < -0.3 is 15.0 Å². The predicted octanol–water partition coefficient (Wildman–Crippen LogP) is 2.13. The smallest absolute Gasteiger partial charge is 0.119 e. The lowest BCUT2D eigenvalue weighted by atomic mass is 10.3. The molecule has 0 aliphatic carbocycles. The van der Waals surface area contributed by atoms with Gasteiger partial charge in [0, 0.05) is 25.8 Å². The average Bonchev–Trinajstić information content (AvgIpc) is 2.34. The van der Waals surface area contributed by atoms with E-state index in [1.54, 1.807) is 0 Å². The van der Waals surface area contributed by atoms with Crippen LogP contribution in [-0.2, 0) is 0 Å². The van der Waals surface area contributed by atoms with E-state index in [9.17, 15) is 0 Å². The summed E-state index contributed by atoms with van der Waals surface area (Å²) >= 11 is 0. The van der Waals surface area contributed by atoms with Gasteiger partial charge in [0.15, 0.2) is 0 Å². The Balaban J connectivity index is 2.49. The molecule has 0 radical (unpaired) electrons. The zero-order chi connectivity index (χ0) is 11.8. The fraction of sp³-hybridized carbons (Fsp3) is 0.538. The molecular formula is C13H22N2O. The Bertz CT molecular complexity index is 284. The number of anilines is 1. The average molecular weight is 222 g/mol. The van der Waals surface area contributed by atoms with Crippen LogP contribution in [0.2, 0.25) is 0 Å². The molecule has 0 spiro atoms. The van der Waals surface area contributed by atoms with E-state index in [1.807, 2.05) is 19.2 Å². The Labute approximate surface area is 98.4 Å². The Morgan fingerprint density at radius 1 is 1.25 bits per heavy atom. The molecule has 0 unspecified atom stereocenters. The topological polar surface area (TPSA) is 24.5 Å². The van der Waals surface area contributed by atoms with Crippen molar-refractivity contribution in [2.45, 2.75) is 13.3 Å². The molecule has 0 atom stereocenters. The van der Waals surface area contributed by atoms with Gasteiger partial charge in [0.2, 0.25) is 0 Å². The van der Waals surface area contributed by atoms with Crippen LogP contribution in [0, 0.1) is 0 Å². The Morgan fingerprint density at radius 3 is 2.50 bits per heavy atom. The van der Waals surface area contributed by atoms with Crippen molar-refractivity contribution in [1.82, 2.24) is 5.32 Å². The lowest BCUT2D eigenvalue weighted by Gasteiger charge is -2.19. The second kappa shape index (κ2) is 7.12. The Kier molecular flexibility index (Phi) is 5.72. The first kappa shape index (κ1) is 12.8. The molecule has 0 aliphatic heterocycles. The first-order valence-electron chi connectivity index (χ1n) is 5.86. The molecule has 16 heavy (non-hydrogen) atoms. The fourth-order valence-corrected chi connectivity index (χ4v) is 1.43. The summed E-state index contributed by atoms with van der Waals surface area (Å²) in [6.45, 7) is 4.89. The first-order chi connectivity index (χ1) is 7.77. The van der Waals surface area contributed by atoms with Crippen molar-refractivity contribution in [3.05, 3.63) is 24.3 Å². The van der Waals surface area contributed by atoms with Crippen molar-refractivity contribution in [1.29, 1.82) is 0 Å². The highest BCUT2D eigenvalue weighted by Crippen LogP contribution is 2.18. The number of nitrogens with one attached hydrogen (secondary N) is 1. The summed E-state index contributed by atoms with van der Waals surface area (Å²) in [4.78, 5) is 2.22. The molecule has 0 heterocycles. The van der Waals surface area contributed by atoms with Gasteiger partial charge in [-0.05, 0) is 37.7 Å². The molecule has 0 saturated heterocycles. The van der Waals surface area contributed by atoms with E-state index in [1.165, 1.54) is 5.69 Å². The molecule has 1 aromatic carbocycles. The summed E-state index contributed by atoms with van der Waals surface area (Å²) in [5, 5.41) is 3.14. The van der Waals surface area contributed by atoms with Crippen molar-refractivity contribution in [3.8, 4) is 5.75 Å². The second-order valence-corrected chi connectivity index (χ2v) is 3.87. The zero-order valence-electron chi connectivity index (χ0n) is 10.5. The molecule has 3 nitrogen and oxygen atoms in total. The minimum Gasteiger partial charge on any atom is -0.494 e. The summed E-state index contributed by atoms with van der Waals surface area (Å²) in [6.07, 6.45) is 1.05. The number of ether oxygens (including phenoxy) is 1. The standard InChI is InChI=1S/C13H22N2O/c1-4-11-16-13-7-5-12(6-8-13)15(3)10-9-14-2/h5-8,14H,4,9-11H2,1-3H3. The van der Waals surface area contributed by atoms with E-state index in [0.29, 0.717) is 0 Å². The SMILES string of the molecule is CCCOc1ccc(N(C)CCNC)cc1. The van der Waals surface area contributed by atoms with Gasteiger partial charge in [-0.1, -0.05) is 6.92 Å². The summed E-state index contributed by atoms with van der Waals surface area (Å²) in [6, 6.07) is 8.25. The molecule has 0 bridgehead atoms. The maximum absolute atomic E-state index is 5.54. The number of hydrogen-bond donors (Lipinski definition) is 1. The van der Waals surface area contributed by atoms with Crippen LogP contribution in [0.4, 0.5) is 5.69 Å². The van der Waals surface area contributed by atoms with Crippen molar-refractivity contribution in [2.24, 2.45) is 0 Å². The van der Waals surface area contributed by atoms with Crippen LogP contribution in [-0.4, -0.2) is 33.8 Å². The van der Waals surface area contributed by atoms with Gasteiger partial charge >= 0.3 is 0 Å². The monoisotopic (exact) mass is 222 g/mol. The highest BCUT2D eigenvalue weighted by molar-refractivity contribution is 5.48. The van der Waals surface area contributed by atoms with Gasteiger partial charge in [-0.25, -0.2) is 0 Å². The molecule has 0 aromatic heterocycles. The van der Waals surface area contributed by atoms with E-state index >= 15 is 0 Å². The Hall–Kier alpha value is -1.22. The van der Waals surface area contributed by atoms with E-state index in [4.69, 9.17) is 4.74 Å². The minimum absolute atomic E-state index is 0.787. The van der Waals surface area contributed by atoms with E-state index < -0.39 is 0 Å². The van der Waals surface area contributed by atoms with Crippen LogP contribution < -0.4 is 15.0 Å². The Morgan fingerprint density at radius 2 is 1.94 bits per heavy atom. The number of likely N-dealkylation sites (N-methyl/N-ethyl adjacent to an activating group) is 2. The largest absolute Gasteiger partial charge is 0.494 e. The third-order valence-corrected chi connectivity index (χ3v) is 2.45. The van der Waals surface area contributed by atoms with Crippen molar-refractivity contribution < 1.29 is 4.74 Å². The number of nitrogens with zero attached hydrogens (tertiary/aromatic N) is 1. The number of benzene rings is 1. The number of hydrogen-bond acceptors (Lipinski definition) is 3. The molecule has 0 aliphatic rings. The predicted molar refractivity (Wildman–Crippen MR) is 69.4 cm³/mol. The molecule has 1 rings (SSSR count). The van der Waals surface area contributed by atoms with Gasteiger partial charge in [0.05, 0.1) is 6.61 Å². The molecule has 1 N–H and O–H groups in total. The summed E-state index contributed by atoms with van der Waals surface area (Å²) < 4.78 is 5.54. The highest BCUT2D eigenvalue weighted by atomic mass is 16.5. The molecule has 0 saturated carbocycles. The molecule has 3 heteroatoms. The van der Waals surface area contributed by atoms with Crippen LogP contribution in [0.1, 0.15) is 13.3 Å². The van der Waals surface area contributed by atoms with Gasteiger partial charge in [0.25, 0.3) is 0 Å². The fourth-order valence-electron chi connectivity index (χ4n) is 1.43. The lowest BCUT2D eigenvalue weighted by molar-refractivity contribution is 0.317. The van der Waals surface area contributed by atoms with E-state index in [2.05, 4.69) is 36.3 Å². The van der Waals surface area contributed by atoms with Crippen molar-refractivity contribution in [2.75, 3.05) is 38.7 Å². The van der Waals surface area contributed by atoms with Crippen LogP contribution in [0.3, 0.4) is 0 Å². The molecule has 90 valence electrons. The maximum Gasteiger partial charge on any atom is 0.119 e. The van der Waals surface area contributed by atoms with E-state index in [-0.39, 0.29) is 0 Å². The third kappa shape index (κ3) is 4.11. The normalized spacial score (nSPS) is 10.2. The molecule has 0 amide bonds. The minimum atomic E-state index is 0.787. The summed E-state index contributed by atoms with van der Waals surface area (Å²) in [5.41, 5.74) is 1.22. The first-order valence-corrected chi connectivity index (χ1v) is 5.86. The molecule has 0 fully saturated rings. The zero-order valence-corrected chi connectivity index (χ0v) is 10.5. The van der Waals surface area contributed by atoms with Gasteiger partial charge in [-0.3, -0.25) is 0 Å². The van der Waals surface area contributed by atoms with Crippen LogP contribution in [0.15, 0.2) is 24.3 Å². The van der Waals surface area contributed by atoms with Gasteiger partial charge in [-0.15, -0.1) is 0 Å². The van der Waals surface area contributed by atoms with E-state index in [0.717, 1.165) is 31.9 Å². The van der Waals surface area contributed by atoms with Gasteiger partial charge in [-0.2, -0.15) is 0 Å². The number of rotatable bonds is 7. The summed E-state index contributed by atoms with van der Waals surface area (Å²) in [7, 11) is 4.06. The highest BCUT2D eigenvalue weighted by Gasteiger charge is 2.00. The van der Waals surface area contributed by atoms with Crippen LogP contribution in [0.25, 0.3) is 0 Å². The van der Waals surface area contributed by atoms with Crippen LogP contribution >= 0.6 is 0 Å². The molecule has 1 aromatic rings. The maximum atomic E-state index is 5.54. The molecular weight excluding hydrogens is 200 g/mol. The quantitative estimate of drug-likeness (QED) is 0.765. The second-order valence-electron chi connectivity index (χ2n) is 3.87. The van der Waals surface area contributed by atoms with Gasteiger partial charge in [0.1, 0.15) is 5.75 Å². The van der Waals surface area contributed by atoms with Crippen molar-refractivity contribution >= 4 is 5.69 Å². The van der Waals surface area contributed by atoms with Crippen LogP contribution in [0.5, 0.6) is 5.75 Å².